The maximum Gasteiger partial charge on any atom is 0.255 e. The highest BCUT2D eigenvalue weighted by atomic mass is 16.5. The van der Waals surface area contributed by atoms with Gasteiger partial charge in [-0.25, -0.2) is 9.97 Å². The summed E-state index contributed by atoms with van der Waals surface area (Å²) in [4.78, 5) is 28.8. The van der Waals surface area contributed by atoms with Crippen LogP contribution in [0.15, 0.2) is 79.1 Å². The molecule has 5 aromatic rings. The molecular weight excluding hydrogens is 390 g/mol. The molecule has 0 aliphatic carbocycles. The van der Waals surface area contributed by atoms with Crippen molar-refractivity contribution in [3.63, 3.8) is 0 Å². The van der Waals surface area contributed by atoms with Gasteiger partial charge in [0.25, 0.3) is 5.91 Å². The first-order chi connectivity index (χ1) is 15.2. The number of hydrogen-bond acceptors (Lipinski definition) is 4. The molecule has 0 aliphatic rings. The average Bonchev–Trinajstić information content (AvgIpc) is 3.53. The normalized spacial score (nSPS) is 10.9. The van der Waals surface area contributed by atoms with E-state index in [-0.39, 0.29) is 5.91 Å². The number of nitrogens with one attached hydrogen (secondary N) is 3. The number of anilines is 1. The molecule has 3 heterocycles. The fraction of sp³-hybridized carbons (Fsp3) is 0.0417. The molecule has 0 spiro atoms. The molecule has 2 aromatic carbocycles. The zero-order valence-corrected chi connectivity index (χ0v) is 16.7. The van der Waals surface area contributed by atoms with Gasteiger partial charge in [0.1, 0.15) is 17.1 Å². The van der Waals surface area contributed by atoms with Crippen LogP contribution in [-0.4, -0.2) is 33.0 Å². The van der Waals surface area contributed by atoms with Crippen molar-refractivity contribution >= 4 is 22.6 Å². The monoisotopic (exact) mass is 409 g/mol. The summed E-state index contributed by atoms with van der Waals surface area (Å²) in [6, 6.07) is 20.3. The number of benzene rings is 2. The fourth-order valence-corrected chi connectivity index (χ4v) is 3.40. The molecule has 0 aliphatic heterocycles. The number of amides is 1. The van der Waals surface area contributed by atoms with Crippen molar-refractivity contribution in [2.24, 2.45) is 0 Å². The molecule has 0 saturated carbocycles. The Hall–Kier alpha value is -4.39. The minimum Gasteiger partial charge on any atom is -0.497 e. The van der Waals surface area contributed by atoms with E-state index >= 15 is 0 Å². The Morgan fingerprint density at radius 2 is 1.48 bits per heavy atom. The number of nitrogens with zero attached hydrogens (tertiary/aromatic N) is 2. The van der Waals surface area contributed by atoms with Gasteiger partial charge < -0.3 is 20.0 Å². The topological polar surface area (TPSA) is 95.7 Å². The molecule has 5 rings (SSSR count). The number of aromatic amines is 2. The molecule has 0 saturated heterocycles. The van der Waals surface area contributed by atoms with E-state index in [1.807, 2.05) is 42.7 Å². The van der Waals surface area contributed by atoms with Crippen LogP contribution in [0.4, 0.5) is 5.69 Å². The SMILES string of the molecule is COc1ccc(NC(=O)c2ccc3nc(-c4ccc[nH]4)c(-c4ccc[nH]4)nc3c2)cc1. The van der Waals surface area contributed by atoms with Crippen LogP contribution in [0.5, 0.6) is 5.75 Å². The molecular formula is C24H19N5O2. The van der Waals surface area contributed by atoms with Crippen LogP contribution in [0.3, 0.4) is 0 Å². The molecule has 0 fully saturated rings. The van der Waals surface area contributed by atoms with Crippen LogP contribution < -0.4 is 10.1 Å². The number of hydrogen-bond donors (Lipinski definition) is 3. The van der Waals surface area contributed by atoms with Gasteiger partial charge in [-0.3, -0.25) is 4.79 Å². The van der Waals surface area contributed by atoms with Crippen LogP contribution in [0.2, 0.25) is 0 Å². The van der Waals surface area contributed by atoms with E-state index < -0.39 is 0 Å². The second-order valence-electron chi connectivity index (χ2n) is 6.97. The van der Waals surface area contributed by atoms with Gasteiger partial charge in [-0.2, -0.15) is 0 Å². The first-order valence-electron chi connectivity index (χ1n) is 9.76. The predicted octanol–water partition coefficient (Wildman–Crippen LogP) is 4.88. The second kappa shape index (κ2) is 7.79. The third-order valence-corrected chi connectivity index (χ3v) is 4.98. The van der Waals surface area contributed by atoms with E-state index in [0.29, 0.717) is 28.0 Å². The first-order valence-corrected chi connectivity index (χ1v) is 9.76. The molecule has 7 heteroatoms. The molecule has 0 radical (unpaired) electrons. The summed E-state index contributed by atoms with van der Waals surface area (Å²) < 4.78 is 5.15. The Balaban J connectivity index is 1.53. The molecule has 152 valence electrons. The Bertz CT molecular complexity index is 1340. The van der Waals surface area contributed by atoms with E-state index in [9.17, 15) is 4.79 Å². The highest BCUT2D eigenvalue weighted by molar-refractivity contribution is 6.06. The highest BCUT2D eigenvalue weighted by Gasteiger charge is 2.16. The summed E-state index contributed by atoms with van der Waals surface area (Å²) >= 11 is 0. The van der Waals surface area contributed by atoms with Crippen molar-refractivity contribution in [1.82, 2.24) is 19.9 Å². The first kappa shape index (κ1) is 18.6. The molecule has 7 nitrogen and oxygen atoms in total. The van der Waals surface area contributed by atoms with E-state index in [0.717, 1.165) is 22.8 Å². The molecule has 3 aromatic heterocycles. The minimum absolute atomic E-state index is 0.219. The second-order valence-corrected chi connectivity index (χ2v) is 6.97. The number of H-pyrrole nitrogens is 2. The number of ether oxygens (including phenoxy) is 1. The lowest BCUT2D eigenvalue weighted by atomic mass is 10.1. The summed E-state index contributed by atoms with van der Waals surface area (Å²) in [6.07, 6.45) is 3.70. The van der Waals surface area contributed by atoms with Crippen molar-refractivity contribution in [3.05, 3.63) is 84.7 Å². The number of carbonyl (C=O) groups excluding carboxylic acids is 1. The lowest BCUT2D eigenvalue weighted by Gasteiger charge is -2.10. The van der Waals surface area contributed by atoms with Gasteiger partial charge >= 0.3 is 0 Å². The van der Waals surface area contributed by atoms with Gasteiger partial charge in [0.2, 0.25) is 0 Å². The molecule has 1 amide bonds. The molecule has 31 heavy (non-hydrogen) atoms. The van der Waals surface area contributed by atoms with Crippen molar-refractivity contribution in [1.29, 1.82) is 0 Å². The molecule has 0 unspecified atom stereocenters. The van der Waals surface area contributed by atoms with Crippen LogP contribution in [-0.2, 0) is 0 Å². The Kier molecular flexibility index (Phi) is 4.68. The standard InChI is InChI=1S/C24H19N5O2/c1-31-17-9-7-16(8-10-17)27-24(30)15-6-11-18-21(14-15)29-23(20-5-3-13-26-20)22(28-18)19-4-2-12-25-19/h2-14,25-26H,1H3,(H,27,30). The zero-order chi connectivity index (χ0) is 21.2. The number of rotatable bonds is 5. The zero-order valence-electron chi connectivity index (χ0n) is 16.7. The van der Waals surface area contributed by atoms with Gasteiger partial charge in [0, 0.05) is 23.6 Å². The lowest BCUT2D eigenvalue weighted by molar-refractivity contribution is 0.102. The van der Waals surface area contributed by atoms with Crippen LogP contribution in [0.25, 0.3) is 33.8 Å². The van der Waals surface area contributed by atoms with Gasteiger partial charge in [-0.1, -0.05) is 0 Å². The third kappa shape index (κ3) is 3.64. The van der Waals surface area contributed by atoms with E-state index in [2.05, 4.69) is 15.3 Å². The summed E-state index contributed by atoms with van der Waals surface area (Å²) in [5, 5.41) is 2.90. The van der Waals surface area contributed by atoms with Crippen molar-refractivity contribution in [2.75, 3.05) is 12.4 Å². The summed E-state index contributed by atoms with van der Waals surface area (Å²) in [5.74, 6) is 0.512. The number of aromatic nitrogens is 4. The maximum absolute atomic E-state index is 12.8. The minimum atomic E-state index is -0.219. The van der Waals surface area contributed by atoms with Crippen molar-refractivity contribution < 1.29 is 9.53 Å². The smallest absolute Gasteiger partial charge is 0.255 e. The summed E-state index contributed by atoms with van der Waals surface area (Å²) in [5.41, 5.74) is 5.73. The van der Waals surface area contributed by atoms with Crippen molar-refractivity contribution in [3.8, 4) is 28.5 Å². The Labute approximate surface area is 178 Å². The third-order valence-electron chi connectivity index (χ3n) is 4.98. The quantitative estimate of drug-likeness (QED) is 0.385. The van der Waals surface area contributed by atoms with E-state index in [1.165, 1.54) is 0 Å². The van der Waals surface area contributed by atoms with E-state index in [1.54, 1.807) is 43.5 Å². The Morgan fingerprint density at radius 1 is 0.839 bits per heavy atom. The molecule has 0 atom stereocenters. The average molecular weight is 409 g/mol. The number of methoxy groups -OCH3 is 1. The largest absolute Gasteiger partial charge is 0.497 e. The summed E-state index contributed by atoms with van der Waals surface area (Å²) in [6.45, 7) is 0. The van der Waals surface area contributed by atoms with Crippen molar-refractivity contribution in [2.45, 2.75) is 0 Å². The van der Waals surface area contributed by atoms with Gasteiger partial charge in [0.05, 0.1) is 29.5 Å². The Morgan fingerprint density at radius 3 is 2.06 bits per heavy atom. The molecule has 3 N–H and O–H groups in total. The van der Waals surface area contributed by atoms with Gasteiger partial charge in [0.15, 0.2) is 0 Å². The van der Waals surface area contributed by atoms with Gasteiger partial charge in [-0.05, 0) is 66.7 Å². The van der Waals surface area contributed by atoms with Crippen LogP contribution >= 0.6 is 0 Å². The molecule has 0 bridgehead atoms. The number of fused-ring (bicyclic) bond motifs is 1. The maximum atomic E-state index is 12.8. The lowest BCUT2D eigenvalue weighted by Crippen LogP contribution is -2.12. The summed E-state index contributed by atoms with van der Waals surface area (Å²) in [7, 11) is 1.60. The highest BCUT2D eigenvalue weighted by Crippen LogP contribution is 2.29. The fourth-order valence-electron chi connectivity index (χ4n) is 3.40. The van der Waals surface area contributed by atoms with Crippen LogP contribution in [0.1, 0.15) is 10.4 Å². The van der Waals surface area contributed by atoms with Gasteiger partial charge in [-0.15, -0.1) is 0 Å². The van der Waals surface area contributed by atoms with Crippen LogP contribution in [0, 0.1) is 0 Å². The number of carbonyl (C=O) groups is 1. The predicted molar refractivity (Wildman–Crippen MR) is 120 cm³/mol. The van der Waals surface area contributed by atoms with E-state index in [4.69, 9.17) is 14.7 Å².